The van der Waals surface area contributed by atoms with E-state index >= 15 is 0 Å². The molecule has 6 nitrogen and oxygen atoms in total. The summed E-state index contributed by atoms with van der Waals surface area (Å²) in [5.41, 5.74) is 2.28. The van der Waals surface area contributed by atoms with Crippen molar-refractivity contribution in [3.05, 3.63) is 76.6 Å². The maximum absolute atomic E-state index is 12.7. The van der Waals surface area contributed by atoms with Crippen LogP contribution in [-0.2, 0) is 0 Å². The molecule has 4 aromatic rings. The van der Waals surface area contributed by atoms with Gasteiger partial charge in [-0.2, -0.15) is 4.98 Å². The summed E-state index contributed by atoms with van der Waals surface area (Å²) in [6.07, 6.45) is 0. The van der Waals surface area contributed by atoms with Crippen LogP contribution < -0.4 is 0 Å². The van der Waals surface area contributed by atoms with Crippen molar-refractivity contribution in [3.8, 4) is 22.0 Å². The number of likely N-dealkylation sites (tertiary alicyclic amines) is 1. The summed E-state index contributed by atoms with van der Waals surface area (Å²) in [6.45, 7) is 1.07. The van der Waals surface area contributed by atoms with Crippen molar-refractivity contribution in [1.29, 1.82) is 0 Å². The number of aromatic nitrogens is 3. The van der Waals surface area contributed by atoms with Gasteiger partial charge in [-0.05, 0) is 12.1 Å². The van der Waals surface area contributed by atoms with Crippen molar-refractivity contribution in [2.75, 3.05) is 13.1 Å². The molecule has 144 valence electrons. The maximum atomic E-state index is 12.7. The third kappa shape index (κ3) is 3.54. The molecule has 5 rings (SSSR count). The Kier molecular flexibility index (Phi) is 4.61. The molecule has 2 aromatic carbocycles. The lowest BCUT2D eigenvalue weighted by Crippen LogP contribution is -2.48. The fourth-order valence-corrected chi connectivity index (χ4v) is 4.18. The summed E-state index contributed by atoms with van der Waals surface area (Å²) in [7, 11) is 0. The number of carbonyl (C=O) groups excluding carboxylic acids is 1. The van der Waals surface area contributed by atoms with Crippen molar-refractivity contribution < 1.29 is 9.32 Å². The highest BCUT2D eigenvalue weighted by molar-refractivity contribution is 7.13. The molecule has 8 heteroatoms. The van der Waals surface area contributed by atoms with Gasteiger partial charge in [-0.15, -0.1) is 11.3 Å². The highest BCUT2D eigenvalue weighted by Gasteiger charge is 2.36. The van der Waals surface area contributed by atoms with E-state index in [0.717, 1.165) is 16.1 Å². The minimum absolute atomic E-state index is 0.0339. The topological polar surface area (TPSA) is 72.1 Å². The fourth-order valence-electron chi connectivity index (χ4n) is 3.19. The highest BCUT2D eigenvalue weighted by atomic mass is 35.5. The second kappa shape index (κ2) is 7.42. The van der Waals surface area contributed by atoms with Crippen LogP contribution in [-0.4, -0.2) is 39.0 Å². The second-order valence-electron chi connectivity index (χ2n) is 6.78. The Balaban J connectivity index is 1.24. The van der Waals surface area contributed by atoms with Crippen molar-refractivity contribution >= 4 is 28.8 Å². The Bertz CT molecular complexity index is 1170. The molecule has 0 bridgehead atoms. The van der Waals surface area contributed by atoms with Gasteiger partial charge in [-0.25, -0.2) is 4.98 Å². The van der Waals surface area contributed by atoms with Crippen LogP contribution in [0.25, 0.3) is 22.0 Å². The maximum Gasteiger partial charge on any atom is 0.273 e. The average molecular weight is 423 g/mol. The second-order valence-corrected chi connectivity index (χ2v) is 8.07. The molecule has 1 saturated heterocycles. The zero-order valence-corrected chi connectivity index (χ0v) is 16.7. The van der Waals surface area contributed by atoms with Gasteiger partial charge in [0.1, 0.15) is 10.7 Å². The predicted octanol–water partition coefficient (Wildman–Crippen LogP) is 4.75. The molecule has 2 aromatic heterocycles. The molecule has 1 fully saturated rings. The molecule has 29 heavy (non-hydrogen) atoms. The zero-order valence-electron chi connectivity index (χ0n) is 15.2. The molecule has 0 saturated carbocycles. The van der Waals surface area contributed by atoms with Crippen LogP contribution in [0.4, 0.5) is 0 Å². The highest BCUT2D eigenvalue weighted by Crippen LogP contribution is 2.30. The van der Waals surface area contributed by atoms with E-state index in [1.807, 2.05) is 47.8 Å². The third-order valence-electron chi connectivity index (χ3n) is 4.79. The first-order valence-corrected chi connectivity index (χ1v) is 10.3. The average Bonchev–Trinajstić information content (AvgIpc) is 3.38. The van der Waals surface area contributed by atoms with Crippen LogP contribution in [0, 0.1) is 0 Å². The normalized spacial score (nSPS) is 14.0. The van der Waals surface area contributed by atoms with Gasteiger partial charge >= 0.3 is 0 Å². The lowest BCUT2D eigenvalue weighted by molar-refractivity contribution is 0.0564. The van der Waals surface area contributed by atoms with Gasteiger partial charge in [-0.3, -0.25) is 4.79 Å². The summed E-state index contributed by atoms with van der Waals surface area (Å²) < 4.78 is 5.40. The van der Waals surface area contributed by atoms with Gasteiger partial charge in [-0.1, -0.05) is 59.2 Å². The molecule has 3 heterocycles. The SMILES string of the molecule is O=C(c1csc(-c2ccccc2)n1)N1CC(c2nc(-c3cccc(Cl)c3)no2)C1. The monoisotopic (exact) mass is 422 g/mol. The molecule has 1 aliphatic heterocycles. The number of thiazole rings is 1. The van der Waals surface area contributed by atoms with E-state index in [4.69, 9.17) is 16.1 Å². The van der Waals surface area contributed by atoms with Crippen LogP contribution in [0.15, 0.2) is 64.5 Å². The Morgan fingerprint density at radius 3 is 2.66 bits per heavy atom. The van der Waals surface area contributed by atoms with Gasteiger partial charge in [0.15, 0.2) is 0 Å². The van der Waals surface area contributed by atoms with E-state index in [0.29, 0.717) is 35.5 Å². The molecule has 1 amide bonds. The van der Waals surface area contributed by atoms with E-state index in [1.54, 1.807) is 17.0 Å². The van der Waals surface area contributed by atoms with Crippen molar-refractivity contribution in [3.63, 3.8) is 0 Å². The first kappa shape index (κ1) is 18.0. The Morgan fingerprint density at radius 2 is 1.86 bits per heavy atom. The van der Waals surface area contributed by atoms with Crippen molar-refractivity contribution in [1.82, 2.24) is 20.0 Å². The van der Waals surface area contributed by atoms with Gasteiger partial charge < -0.3 is 9.42 Å². The van der Waals surface area contributed by atoms with E-state index in [9.17, 15) is 4.79 Å². The molecular weight excluding hydrogens is 408 g/mol. The summed E-state index contributed by atoms with van der Waals surface area (Å²) in [5, 5.41) is 7.30. The van der Waals surface area contributed by atoms with Crippen LogP contribution in [0.2, 0.25) is 5.02 Å². The summed E-state index contributed by atoms with van der Waals surface area (Å²) in [6, 6.07) is 17.2. The lowest BCUT2D eigenvalue weighted by Gasteiger charge is -2.36. The smallest absolute Gasteiger partial charge is 0.273 e. The Hall–Kier alpha value is -3.03. The molecule has 0 N–H and O–H groups in total. The van der Waals surface area contributed by atoms with E-state index in [1.165, 1.54) is 11.3 Å². The minimum Gasteiger partial charge on any atom is -0.339 e. The van der Waals surface area contributed by atoms with Gasteiger partial charge in [0.2, 0.25) is 11.7 Å². The van der Waals surface area contributed by atoms with Crippen molar-refractivity contribution in [2.45, 2.75) is 5.92 Å². The fraction of sp³-hybridized carbons (Fsp3) is 0.143. The number of rotatable bonds is 4. The van der Waals surface area contributed by atoms with Gasteiger partial charge in [0.05, 0.1) is 5.92 Å². The molecule has 1 aliphatic rings. The van der Waals surface area contributed by atoms with E-state index in [-0.39, 0.29) is 11.8 Å². The number of carbonyl (C=O) groups is 1. The quantitative estimate of drug-likeness (QED) is 0.474. The lowest BCUT2D eigenvalue weighted by atomic mass is 10.00. The molecule has 0 aliphatic carbocycles. The van der Waals surface area contributed by atoms with Gasteiger partial charge in [0.25, 0.3) is 5.91 Å². The van der Waals surface area contributed by atoms with E-state index in [2.05, 4.69) is 15.1 Å². The molecule has 0 spiro atoms. The molecular formula is C21H15ClN4O2S. The number of hydrogen-bond acceptors (Lipinski definition) is 6. The largest absolute Gasteiger partial charge is 0.339 e. The van der Waals surface area contributed by atoms with Gasteiger partial charge in [0, 0.05) is 34.6 Å². The Labute approximate surface area is 175 Å². The first-order valence-electron chi connectivity index (χ1n) is 9.07. The summed E-state index contributed by atoms with van der Waals surface area (Å²) in [4.78, 5) is 23.4. The number of benzene rings is 2. The van der Waals surface area contributed by atoms with Crippen LogP contribution in [0.5, 0.6) is 0 Å². The predicted molar refractivity (Wildman–Crippen MR) is 111 cm³/mol. The number of amides is 1. The third-order valence-corrected chi connectivity index (χ3v) is 5.91. The number of nitrogens with zero attached hydrogens (tertiary/aromatic N) is 4. The summed E-state index contributed by atoms with van der Waals surface area (Å²) in [5.74, 6) is 0.993. The Morgan fingerprint density at radius 1 is 1.07 bits per heavy atom. The number of halogens is 1. The number of hydrogen-bond donors (Lipinski definition) is 0. The van der Waals surface area contributed by atoms with Crippen LogP contribution in [0.3, 0.4) is 0 Å². The molecule has 0 radical (unpaired) electrons. The van der Waals surface area contributed by atoms with Crippen LogP contribution in [0.1, 0.15) is 22.3 Å². The van der Waals surface area contributed by atoms with Crippen molar-refractivity contribution in [2.24, 2.45) is 0 Å². The van der Waals surface area contributed by atoms with E-state index < -0.39 is 0 Å². The standard InChI is InChI=1S/C21H15ClN4O2S/c22-16-8-4-7-14(9-16)18-24-19(28-25-18)15-10-26(11-15)21(27)17-12-29-20(23-17)13-5-2-1-3-6-13/h1-9,12,15H,10-11H2. The zero-order chi connectivity index (χ0) is 19.8. The first-order chi connectivity index (χ1) is 14.2. The summed E-state index contributed by atoms with van der Waals surface area (Å²) >= 11 is 7.49. The minimum atomic E-state index is -0.0748. The molecule has 0 atom stereocenters. The van der Waals surface area contributed by atoms with Crippen LogP contribution >= 0.6 is 22.9 Å². The molecule has 0 unspecified atom stereocenters.